The van der Waals surface area contributed by atoms with Gasteiger partial charge in [0, 0.05) is 6.04 Å². The normalized spacial score (nSPS) is 20.7. The number of benzene rings is 1. The largest absolute Gasteiger partial charge is 0.484 e. The maximum Gasteiger partial charge on any atom is 0.261 e. The third-order valence-electron chi connectivity index (χ3n) is 3.86. The van der Waals surface area contributed by atoms with Crippen LogP contribution >= 0.6 is 0 Å². The van der Waals surface area contributed by atoms with Crippen molar-refractivity contribution in [3.8, 4) is 5.75 Å². The molecule has 6 nitrogen and oxygen atoms in total. The van der Waals surface area contributed by atoms with Gasteiger partial charge < -0.3 is 9.64 Å². The molecule has 1 saturated heterocycles. The Kier molecular flexibility index (Phi) is 3.83. The summed E-state index contributed by atoms with van der Waals surface area (Å²) in [6, 6.07) is 6.80. The number of rotatable bonds is 5. The van der Waals surface area contributed by atoms with Crippen LogP contribution in [0.2, 0.25) is 0 Å². The van der Waals surface area contributed by atoms with Crippen LogP contribution in [0.4, 0.5) is 0 Å². The van der Waals surface area contributed by atoms with Gasteiger partial charge in [-0.1, -0.05) is 12.1 Å². The van der Waals surface area contributed by atoms with E-state index in [2.05, 4.69) is 5.32 Å². The zero-order valence-electron chi connectivity index (χ0n) is 12.4. The van der Waals surface area contributed by atoms with Gasteiger partial charge in [0.05, 0.1) is 6.42 Å². The summed E-state index contributed by atoms with van der Waals surface area (Å²) in [6.07, 6.45) is 1.79. The zero-order valence-corrected chi connectivity index (χ0v) is 12.4. The van der Waals surface area contributed by atoms with Gasteiger partial charge in [-0.15, -0.1) is 0 Å². The van der Waals surface area contributed by atoms with Crippen LogP contribution in [0.5, 0.6) is 5.75 Å². The van der Waals surface area contributed by atoms with Gasteiger partial charge in [-0.2, -0.15) is 0 Å². The lowest BCUT2D eigenvalue weighted by Gasteiger charge is -2.26. The fourth-order valence-electron chi connectivity index (χ4n) is 2.67. The molecule has 3 amide bonds. The highest BCUT2D eigenvalue weighted by Gasteiger charge is 2.44. The third kappa shape index (κ3) is 3.10. The van der Waals surface area contributed by atoms with Crippen molar-refractivity contribution in [2.45, 2.75) is 38.3 Å². The molecule has 2 fully saturated rings. The Balaban J connectivity index is 1.66. The number of hydrogen-bond acceptors (Lipinski definition) is 4. The second kappa shape index (κ2) is 5.79. The number of ether oxygens (including phenoxy) is 1. The summed E-state index contributed by atoms with van der Waals surface area (Å²) in [7, 11) is 0. The second-order valence-electron chi connectivity index (χ2n) is 5.77. The number of nitrogens with zero attached hydrogens (tertiary/aromatic N) is 1. The molecule has 1 aliphatic carbocycles. The fraction of sp³-hybridized carbons (Fsp3) is 0.438. The van der Waals surface area contributed by atoms with E-state index in [0.29, 0.717) is 5.75 Å². The van der Waals surface area contributed by atoms with E-state index in [1.807, 2.05) is 25.1 Å². The molecule has 1 aromatic carbocycles. The third-order valence-corrected chi connectivity index (χ3v) is 3.86. The minimum atomic E-state index is -0.686. The molecule has 1 heterocycles. The molecule has 1 aromatic rings. The summed E-state index contributed by atoms with van der Waals surface area (Å²) in [4.78, 5) is 37.1. The van der Waals surface area contributed by atoms with Crippen molar-refractivity contribution in [2.24, 2.45) is 0 Å². The molecule has 22 heavy (non-hydrogen) atoms. The Morgan fingerprint density at radius 1 is 1.36 bits per heavy atom. The van der Waals surface area contributed by atoms with E-state index in [9.17, 15) is 14.4 Å². The van der Waals surface area contributed by atoms with E-state index < -0.39 is 6.04 Å². The van der Waals surface area contributed by atoms with Gasteiger partial charge >= 0.3 is 0 Å². The average Bonchev–Trinajstić information content (AvgIpc) is 3.23. The molecule has 0 bridgehead atoms. The molecule has 1 saturated carbocycles. The van der Waals surface area contributed by atoms with Crippen molar-refractivity contribution < 1.29 is 19.1 Å². The summed E-state index contributed by atoms with van der Waals surface area (Å²) in [5, 5.41) is 2.25. The number of carbonyl (C=O) groups excluding carboxylic acids is 3. The maximum absolute atomic E-state index is 12.4. The van der Waals surface area contributed by atoms with E-state index in [-0.39, 0.29) is 36.8 Å². The average molecular weight is 302 g/mol. The molecule has 1 N–H and O–H groups in total. The van der Waals surface area contributed by atoms with E-state index in [1.54, 1.807) is 6.07 Å². The molecule has 3 rings (SSSR count). The van der Waals surface area contributed by atoms with Crippen LogP contribution in [0.3, 0.4) is 0 Å². The molecule has 2 aliphatic rings. The quantitative estimate of drug-likeness (QED) is 0.816. The Labute approximate surface area is 128 Å². The summed E-state index contributed by atoms with van der Waals surface area (Å²) in [5.41, 5.74) is 1.05. The second-order valence-corrected chi connectivity index (χ2v) is 5.77. The van der Waals surface area contributed by atoms with Crippen LogP contribution in [0.1, 0.15) is 24.8 Å². The Hall–Kier alpha value is -2.37. The van der Waals surface area contributed by atoms with Gasteiger partial charge in [-0.25, -0.2) is 0 Å². The SMILES string of the molecule is Cc1cccc(OCC(=O)N(C2CC2)[C@@H]2CC(=O)NC2=O)c1. The van der Waals surface area contributed by atoms with Gasteiger partial charge in [0.15, 0.2) is 6.61 Å². The lowest BCUT2D eigenvalue weighted by Crippen LogP contribution is -2.47. The summed E-state index contributed by atoms with van der Waals surface area (Å²) in [6.45, 7) is 1.82. The molecule has 6 heteroatoms. The number of hydrogen-bond donors (Lipinski definition) is 1. The fourth-order valence-corrected chi connectivity index (χ4v) is 2.67. The first-order valence-electron chi connectivity index (χ1n) is 7.39. The van der Waals surface area contributed by atoms with Gasteiger partial charge in [-0.05, 0) is 37.5 Å². The summed E-state index contributed by atoms with van der Waals surface area (Å²) in [5.74, 6) is -0.344. The highest BCUT2D eigenvalue weighted by Crippen LogP contribution is 2.31. The first kappa shape index (κ1) is 14.6. The van der Waals surface area contributed by atoms with Gasteiger partial charge in [0.1, 0.15) is 11.8 Å². The Morgan fingerprint density at radius 3 is 2.73 bits per heavy atom. The minimum absolute atomic E-state index is 0.0471. The minimum Gasteiger partial charge on any atom is -0.484 e. The van der Waals surface area contributed by atoms with Crippen LogP contribution in [-0.2, 0) is 14.4 Å². The van der Waals surface area contributed by atoms with E-state index >= 15 is 0 Å². The molecule has 116 valence electrons. The molecule has 1 aliphatic heterocycles. The van der Waals surface area contributed by atoms with Crippen LogP contribution < -0.4 is 10.1 Å². The number of aryl methyl sites for hydroxylation is 1. The molecule has 0 unspecified atom stereocenters. The first-order chi connectivity index (χ1) is 10.5. The van der Waals surface area contributed by atoms with E-state index in [1.165, 1.54) is 4.90 Å². The standard InChI is InChI=1S/C16H18N2O4/c1-10-3-2-4-12(7-10)22-9-15(20)18(11-5-6-11)13-8-14(19)17-16(13)21/h2-4,7,11,13H,5-6,8-9H2,1H3,(H,17,19,21)/t13-/m1/s1. The predicted molar refractivity (Wildman–Crippen MR) is 78.1 cm³/mol. The van der Waals surface area contributed by atoms with Crippen molar-refractivity contribution in [3.05, 3.63) is 29.8 Å². The monoisotopic (exact) mass is 302 g/mol. The van der Waals surface area contributed by atoms with Crippen molar-refractivity contribution >= 4 is 17.7 Å². The molecule has 0 spiro atoms. The van der Waals surface area contributed by atoms with Gasteiger partial charge in [0.25, 0.3) is 5.91 Å². The zero-order chi connectivity index (χ0) is 15.7. The maximum atomic E-state index is 12.4. The van der Waals surface area contributed by atoms with Gasteiger partial charge in [0.2, 0.25) is 11.8 Å². The van der Waals surface area contributed by atoms with Gasteiger partial charge in [-0.3, -0.25) is 19.7 Å². The predicted octanol–water partition coefficient (Wildman–Crippen LogP) is 0.780. The van der Waals surface area contributed by atoms with E-state index in [4.69, 9.17) is 4.74 Å². The van der Waals surface area contributed by atoms with Crippen molar-refractivity contribution in [1.82, 2.24) is 10.2 Å². The van der Waals surface area contributed by atoms with Crippen LogP contribution in [0, 0.1) is 6.92 Å². The Bertz CT molecular complexity index is 624. The first-order valence-corrected chi connectivity index (χ1v) is 7.39. The number of imide groups is 1. The molecular weight excluding hydrogens is 284 g/mol. The lowest BCUT2D eigenvalue weighted by molar-refractivity contribution is -0.141. The summed E-state index contributed by atoms with van der Waals surface area (Å²) >= 11 is 0. The van der Waals surface area contributed by atoms with Crippen molar-refractivity contribution in [3.63, 3.8) is 0 Å². The van der Waals surface area contributed by atoms with Crippen LogP contribution in [-0.4, -0.2) is 41.3 Å². The number of amides is 3. The smallest absolute Gasteiger partial charge is 0.261 e. The highest BCUT2D eigenvalue weighted by atomic mass is 16.5. The molecular formula is C16H18N2O4. The van der Waals surface area contributed by atoms with Crippen LogP contribution in [0.25, 0.3) is 0 Å². The van der Waals surface area contributed by atoms with E-state index in [0.717, 1.165) is 18.4 Å². The number of carbonyl (C=O) groups is 3. The topological polar surface area (TPSA) is 75.7 Å². The Morgan fingerprint density at radius 2 is 2.14 bits per heavy atom. The molecule has 0 radical (unpaired) electrons. The molecule has 1 atom stereocenters. The van der Waals surface area contributed by atoms with Crippen LogP contribution in [0.15, 0.2) is 24.3 Å². The van der Waals surface area contributed by atoms with Crippen molar-refractivity contribution in [2.75, 3.05) is 6.61 Å². The number of nitrogens with one attached hydrogen (secondary N) is 1. The van der Waals surface area contributed by atoms with Crippen molar-refractivity contribution in [1.29, 1.82) is 0 Å². The summed E-state index contributed by atoms with van der Waals surface area (Å²) < 4.78 is 5.52. The molecule has 0 aromatic heterocycles. The lowest BCUT2D eigenvalue weighted by atomic mass is 10.2. The highest BCUT2D eigenvalue weighted by molar-refractivity contribution is 6.07.